The topological polar surface area (TPSA) is 75.4 Å². The number of nitrogens with zero attached hydrogens (tertiary/aromatic N) is 1. The molecule has 1 fully saturated rings. The van der Waals surface area contributed by atoms with Crippen molar-refractivity contribution in [3.63, 3.8) is 0 Å². The van der Waals surface area contributed by atoms with Gasteiger partial charge in [-0.2, -0.15) is 0 Å². The molecular formula is C19H29N3O2S. The Kier molecular flexibility index (Phi) is 5.49. The molecule has 2 aliphatic rings. The van der Waals surface area contributed by atoms with Gasteiger partial charge in [0.1, 0.15) is 5.00 Å². The maximum atomic E-state index is 12.5. The van der Waals surface area contributed by atoms with Crippen molar-refractivity contribution < 1.29 is 9.59 Å². The summed E-state index contributed by atoms with van der Waals surface area (Å²) in [4.78, 5) is 27.9. The van der Waals surface area contributed by atoms with Gasteiger partial charge in [0, 0.05) is 18.0 Å². The number of hydrogen-bond donors (Lipinski definition) is 2. The van der Waals surface area contributed by atoms with Crippen LogP contribution in [0.5, 0.6) is 0 Å². The molecule has 138 valence electrons. The molecule has 0 saturated carbocycles. The number of fused-ring (bicyclic) bond motifs is 1. The predicted molar refractivity (Wildman–Crippen MR) is 102 cm³/mol. The number of thiophene rings is 1. The molecule has 0 unspecified atom stereocenters. The summed E-state index contributed by atoms with van der Waals surface area (Å²) in [5.41, 5.74) is 7.22. The lowest BCUT2D eigenvalue weighted by atomic mass is 9.88. The lowest BCUT2D eigenvalue weighted by Crippen LogP contribution is -2.42. The SMILES string of the molecule is C[C@@H]1C[C@H](C)CN(CC(=O)Nc2sc3c(c2C(N)=O)CC[C@H](C)C3)C1. The van der Waals surface area contributed by atoms with E-state index in [0.717, 1.165) is 37.9 Å². The van der Waals surface area contributed by atoms with E-state index in [1.165, 1.54) is 22.6 Å². The second-order valence-corrected chi connectivity index (χ2v) is 9.21. The highest BCUT2D eigenvalue weighted by molar-refractivity contribution is 7.17. The molecule has 3 N–H and O–H groups in total. The predicted octanol–water partition coefficient (Wildman–Crippen LogP) is 2.89. The summed E-state index contributed by atoms with van der Waals surface area (Å²) in [6, 6.07) is 0. The van der Waals surface area contributed by atoms with Gasteiger partial charge in [-0.15, -0.1) is 11.3 Å². The molecule has 3 rings (SSSR count). The Morgan fingerprint density at radius 3 is 2.52 bits per heavy atom. The van der Waals surface area contributed by atoms with Crippen LogP contribution < -0.4 is 11.1 Å². The van der Waals surface area contributed by atoms with Crippen molar-refractivity contribution in [1.82, 2.24) is 4.90 Å². The molecule has 0 spiro atoms. The summed E-state index contributed by atoms with van der Waals surface area (Å²) in [5, 5.41) is 3.63. The third-order valence-corrected chi connectivity index (χ3v) is 6.49. The Labute approximate surface area is 154 Å². The van der Waals surface area contributed by atoms with E-state index >= 15 is 0 Å². The monoisotopic (exact) mass is 363 g/mol. The van der Waals surface area contributed by atoms with E-state index in [2.05, 4.69) is 31.0 Å². The first kappa shape index (κ1) is 18.4. The van der Waals surface area contributed by atoms with Crippen LogP contribution in [0.2, 0.25) is 0 Å². The minimum Gasteiger partial charge on any atom is -0.365 e. The molecule has 0 bridgehead atoms. The van der Waals surface area contributed by atoms with Gasteiger partial charge < -0.3 is 11.1 Å². The van der Waals surface area contributed by atoms with E-state index in [9.17, 15) is 9.59 Å². The summed E-state index contributed by atoms with van der Waals surface area (Å²) < 4.78 is 0. The first-order valence-electron chi connectivity index (χ1n) is 9.30. The molecule has 5 nitrogen and oxygen atoms in total. The molecular weight excluding hydrogens is 334 g/mol. The Hall–Kier alpha value is -1.40. The minimum atomic E-state index is -0.428. The first-order valence-corrected chi connectivity index (χ1v) is 10.1. The van der Waals surface area contributed by atoms with Gasteiger partial charge in [0.2, 0.25) is 5.91 Å². The van der Waals surface area contributed by atoms with Crippen LogP contribution in [0, 0.1) is 17.8 Å². The molecule has 2 amide bonds. The van der Waals surface area contributed by atoms with E-state index in [4.69, 9.17) is 5.73 Å². The third kappa shape index (κ3) is 4.23. The van der Waals surface area contributed by atoms with Crippen LogP contribution in [0.15, 0.2) is 0 Å². The van der Waals surface area contributed by atoms with E-state index in [1.807, 2.05) is 0 Å². The quantitative estimate of drug-likeness (QED) is 0.864. The van der Waals surface area contributed by atoms with Gasteiger partial charge in [-0.1, -0.05) is 20.8 Å². The van der Waals surface area contributed by atoms with Crippen LogP contribution in [-0.2, 0) is 17.6 Å². The Morgan fingerprint density at radius 2 is 1.88 bits per heavy atom. The number of carbonyl (C=O) groups excluding carboxylic acids is 2. The Balaban J connectivity index is 1.72. The van der Waals surface area contributed by atoms with Crippen molar-refractivity contribution in [2.45, 2.75) is 46.5 Å². The van der Waals surface area contributed by atoms with Crippen LogP contribution in [0.3, 0.4) is 0 Å². The van der Waals surface area contributed by atoms with Gasteiger partial charge in [-0.3, -0.25) is 14.5 Å². The maximum absolute atomic E-state index is 12.5. The van der Waals surface area contributed by atoms with Crippen LogP contribution in [0.25, 0.3) is 0 Å². The zero-order valence-corrected chi connectivity index (χ0v) is 16.2. The number of carbonyl (C=O) groups is 2. The van der Waals surface area contributed by atoms with Crippen molar-refractivity contribution in [1.29, 1.82) is 0 Å². The lowest BCUT2D eigenvalue weighted by Gasteiger charge is -2.34. The average molecular weight is 364 g/mol. The normalized spacial score (nSPS) is 26.9. The zero-order chi connectivity index (χ0) is 18.1. The minimum absolute atomic E-state index is 0.0459. The smallest absolute Gasteiger partial charge is 0.251 e. The number of rotatable bonds is 4. The molecule has 1 saturated heterocycles. The summed E-state index contributed by atoms with van der Waals surface area (Å²) in [6.07, 6.45) is 4.14. The first-order chi connectivity index (χ1) is 11.8. The fourth-order valence-electron chi connectivity index (χ4n) is 4.39. The van der Waals surface area contributed by atoms with E-state index in [1.54, 1.807) is 0 Å². The number of nitrogens with two attached hydrogens (primary N) is 1. The highest BCUT2D eigenvalue weighted by atomic mass is 32.1. The molecule has 6 heteroatoms. The van der Waals surface area contributed by atoms with Crippen LogP contribution in [0.4, 0.5) is 5.00 Å². The summed E-state index contributed by atoms with van der Waals surface area (Å²) >= 11 is 1.53. The standard InChI is InChI=1S/C19H29N3O2S/c1-11-4-5-14-15(7-11)25-19(17(14)18(20)24)21-16(23)10-22-8-12(2)6-13(3)9-22/h11-13H,4-10H2,1-3H3,(H2,20,24)(H,21,23)/t11-,12-,13+/m0/s1. The molecule has 0 aromatic carbocycles. The molecule has 0 radical (unpaired) electrons. The van der Waals surface area contributed by atoms with Crippen molar-refractivity contribution in [2.24, 2.45) is 23.5 Å². The number of nitrogens with one attached hydrogen (secondary N) is 1. The fourth-order valence-corrected chi connectivity index (χ4v) is 5.82. The van der Waals surface area contributed by atoms with Crippen molar-refractivity contribution in [3.8, 4) is 0 Å². The number of primary amides is 1. The molecule has 25 heavy (non-hydrogen) atoms. The van der Waals surface area contributed by atoms with Gasteiger partial charge in [0.25, 0.3) is 5.91 Å². The second kappa shape index (κ2) is 7.46. The van der Waals surface area contributed by atoms with Gasteiger partial charge in [-0.05, 0) is 49.0 Å². The highest BCUT2D eigenvalue weighted by Gasteiger charge is 2.28. The van der Waals surface area contributed by atoms with Gasteiger partial charge >= 0.3 is 0 Å². The Bertz CT molecular complexity index is 660. The van der Waals surface area contributed by atoms with Gasteiger partial charge in [0.05, 0.1) is 12.1 Å². The fraction of sp³-hybridized carbons (Fsp3) is 0.684. The third-order valence-electron chi connectivity index (χ3n) is 5.32. The Morgan fingerprint density at radius 1 is 1.20 bits per heavy atom. The molecule has 1 aromatic heterocycles. The molecule has 3 atom stereocenters. The largest absolute Gasteiger partial charge is 0.365 e. The molecule has 2 heterocycles. The van der Waals surface area contributed by atoms with Gasteiger partial charge in [0.15, 0.2) is 0 Å². The van der Waals surface area contributed by atoms with E-state index in [-0.39, 0.29) is 5.91 Å². The number of piperidine rings is 1. The summed E-state index contributed by atoms with van der Waals surface area (Å²) in [5.74, 6) is 1.38. The number of anilines is 1. The number of hydrogen-bond acceptors (Lipinski definition) is 4. The molecule has 1 aliphatic heterocycles. The lowest BCUT2D eigenvalue weighted by molar-refractivity contribution is -0.117. The molecule has 1 aliphatic carbocycles. The summed E-state index contributed by atoms with van der Waals surface area (Å²) in [7, 11) is 0. The van der Waals surface area contributed by atoms with E-state index in [0.29, 0.717) is 34.9 Å². The van der Waals surface area contributed by atoms with Crippen LogP contribution in [-0.4, -0.2) is 36.3 Å². The van der Waals surface area contributed by atoms with Crippen molar-refractivity contribution in [3.05, 3.63) is 16.0 Å². The maximum Gasteiger partial charge on any atom is 0.251 e. The zero-order valence-electron chi connectivity index (χ0n) is 15.4. The van der Waals surface area contributed by atoms with Crippen molar-refractivity contribution in [2.75, 3.05) is 25.0 Å². The van der Waals surface area contributed by atoms with E-state index < -0.39 is 5.91 Å². The molecule has 1 aromatic rings. The average Bonchev–Trinajstić information content (AvgIpc) is 2.82. The van der Waals surface area contributed by atoms with Gasteiger partial charge in [-0.25, -0.2) is 0 Å². The van der Waals surface area contributed by atoms with Crippen LogP contribution >= 0.6 is 11.3 Å². The van der Waals surface area contributed by atoms with Crippen molar-refractivity contribution >= 4 is 28.2 Å². The van der Waals surface area contributed by atoms with Crippen LogP contribution in [0.1, 0.15) is 54.4 Å². The second-order valence-electron chi connectivity index (χ2n) is 8.11. The highest BCUT2D eigenvalue weighted by Crippen LogP contribution is 2.39. The number of amides is 2. The number of likely N-dealkylation sites (tertiary alicyclic amines) is 1. The summed E-state index contributed by atoms with van der Waals surface area (Å²) in [6.45, 7) is 8.99.